The Morgan fingerprint density at radius 2 is 2.19 bits per heavy atom. The minimum absolute atomic E-state index is 0.0447. The van der Waals surface area contributed by atoms with E-state index in [1.165, 1.54) is 0 Å². The maximum atomic E-state index is 11.5. The van der Waals surface area contributed by atoms with Crippen molar-refractivity contribution in [3.63, 3.8) is 0 Å². The van der Waals surface area contributed by atoms with Gasteiger partial charge in [0.25, 0.3) is 0 Å². The average molecular weight is 218 g/mol. The first-order valence-corrected chi connectivity index (χ1v) is 5.41. The molecule has 1 aromatic heterocycles. The summed E-state index contributed by atoms with van der Waals surface area (Å²) in [5.41, 5.74) is 1.73. The van der Waals surface area contributed by atoms with E-state index in [1.54, 1.807) is 19.2 Å². The summed E-state index contributed by atoms with van der Waals surface area (Å²) in [6.45, 7) is 11.0. The van der Waals surface area contributed by atoms with E-state index < -0.39 is 0 Å². The Bertz CT molecular complexity index is 399. The number of hydrogen-bond donors (Lipinski definition) is 0. The predicted molar refractivity (Wildman–Crippen MR) is 66.9 cm³/mol. The molecule has 0 aliphatic rings. The van der Waals surface area contributed by atoms with Crippen LogP contribution in [-0.4, -0.2) is 23.9 Å². The lowest BCUT2D eigenvalue weighted by Gasteiger charge is -2.23. The van der Waals surface area contributed by atoms with Gasteiger partial charge >= 0.3 is 0 Å². The monoisotopic (exact) mass is 218 g/mol. The van der Waals surface area contributed by atoms with Crippen LogP contribution in [0, 0.1) is 0 Å². The van der Waals surface area contributed by atoms with Crippen LogP contribution >= 0.6 is 0 Å². The number of likely N-dealkylation sites (N-methyl/N-ethyl adjacent to an activating group) is 1. The highest BCUT2D eigenvalue weighted by molar-refractivity contribution is 5.98. The number of carbonyl (C=O) groups excluding carboxylic acids is 1. The van der Waals surface area contributed by atoms with Crippen molar-refractivity contribution >= 4 is 11.6 Å². The molecule has 0 radical (unpaired) electrons. The summed E-state index contributed by atoms with van der Waals surface area (Å²) in [7, 11) is 0. The van der Waals surface area contributed by atoms with Gasteiger partial charge < -0.3 is 4.90 Å². The van der Waals surface area contributed by atoms with E-state index in [-0.39, 0.29) is 5.78 Å². The first-order valence-electron chi connectivity index (χ1n) is 5.41. The molecule has 1 aromatic rings. The molecule has 0 saturated heterocycles. The van der Waals surface area contributed by atoms with Crippen LogP contribution in [0.3, 0.4) is 0 Å². The highest BCUT2D eigenvalue weighted by Crippen LogP contribution is 2.18. The molecule has 0 aromatic carbocycles. The van der Waals surface area contributed by atoms with Crippen molar-refractivity contribution in [2.24, 2.45) is 0 Å². The second-order valence-electron chi connectivity index (χ2n) is 3.90. The predicted octanol–water partition coefficient (Wildman–Crippen LogP) is 2.69. The van der Waals surface area contributed by atoms with Gasteiger partial charge in [-0.15, -0.1) is 0 Å². The van der Waals surface area contributed by atoms with Gasteiger partial charge in [0.1, 0.15) is 5.82 Å². The number of rotatable bonds is 5. The zero-order valence-electron chi connectivity index (χ0n) is 10.2. The number of carbonyl (C=O) groups is 1. The second-order valence-corrected chi connectivity index (χ2v) is 3.90. The lowest BCUT2D eigenvalue weighted by molar-refractivity contribution is 0.101. The van der Waals surface area contributed by atoms with Crippen molar-refractivity contribution in [1.82, 2.24) is 4.98 Å². The van der Waals surface area contributed by atoms with E-state index in [9.17, 15) is 4.79 Å². The number of hydrogen-bond acceptors (Lipinski definition) is 3. The Morgan fingerprint density at radius 3 is 2.69 bits per heavy atom. The van der Waals surface area contributed by atoms with E-state index in [0.717, 1.165) is 24.5 Å². The second kappa shape index (κ2) is 5.45. The van der Waals surface area contributed by atoms with Gasteiger partial charge in [0.2, 0.25) is 0 Å². The molecule has 0 saturated carbocycles. The van der Waals surface area contributed by atoms with Crippen molar-refractivity contribution < 1.29 is 4.79 Å². The Labute approximate surface area is 96.8 Å². The molecular formula is C13H18N2O. The van der Waals surface area contributed by atoms with Gasteiger partial charge in [0.05, 0.1) is 5.56 Å². The standard InChI is InChI=1S/C13H18N2O/c1-5-15(9-10(2)3)13-12(11(4)16)7-6-8-14-13/h6-8H,2,5,9H2,1,3-4H3. The van der Waals surface area contributed by atoms with E-state index in [0.29, 0.717) is 5.56 Å². The molecule has 0 atom stereocenters. The minimum atomic E-state index is 0.0447. The van der Waals surface area contributed by atoms with Gasteiger partial charge in [0, 0.05) is 19.3 Å². The summed E-state index contributed by atoms with van der Waals surface area (Å²) >= 11 is 0. The molecular weight excluding hydrogens is 200 g/mol. The number of anilines is 1. The summed E-state index contributed by atoms with van der Waals surface area (Å²) in [5.74, 6) is 0.795. The topological polar surface area (TPSA) is 33.2 Å². The molecule has 0 spiro atoms. The highest BCUT2D eigenvalue weighted by Gasteiger charge is 2.13. The Balaban J connectivity index is 3.08. The fourth-order valence-electron chi connectivity index (χ4n) is 1.59. The SMILES string of the molecule is C=C(C)CN(CC)c1ncccc1C(C)=O. The maximum Gasteiger partial charge on any atom is 0.163 e. The number of nitrogens with zero attached hydrogens (tertiary/aromatic N) is 2. The molecule has 86 valence electrons. The summed E-state index contributed by atoms with van der Waals surface area (Å²) in [6.07, 6.45) is 1.71. The van der Waals surface area contributed by atoms with E-state index in [4.69, 9.17) is 0 Å². The van der Waals surface area contributed by atoms with E-state index >= 15 is 0 Å². The molecule has 1 heterocycles. The Kier molecular flexibility index (Phi) is 4.23. The minimum Gasteiger partial charge on any atom is -0.352 e. The lowest BCUT2D eigenvalue weighted by atomic mass is 10.1. The molecule has 16 heavy (non-hydrogen) atoms. The quantitative estimate of drug-likeness (QED) is 0.562. The number of aromatic nitrogens is 1. The molecule has 3 heteroatoms. The third-order valence-corrected chi connectivity index (χ3v) is 2.31. The van der Waals surface area contributed by atoms with Gasteiger partial charge in [-0.1, -0.05) is 12.2 Å². The van der Waals surface area contributed by atoms with Crippen LogP contribution in [0.2, 0.25) is 0 Å². The molecule has 0 N–H and O–H groups in total. The van der Waals surface area contributed by atoms with Gasteiger partial charge in [-0.2, -0.15) is 0 Å². The van der Waals surface area contributed by atoms with Crippen molar-refractivity contribution in [2.75, 3.05) is 18.0 Å². The van der Waals surface area contributed by atoms with Crippen LogP contribution in [0.15, 0.2) is 30.5 Å². The van der Waals surface area contributed by atoms with Gasteiger partial charge in [-0.25, -0.2) is 4.98 Å². The fourth-order valence-corrected chi connectivity index (χ4v) is 1.59. The van der Waals surface area contributed by atoms with Crippen molar-refractivity contribution in [2.45, 2.75) is 20.8 Å². The summed E-state index contributed by atoms with van der Waals surface area (Å²) in [5, 5.41) is 0. The zero-order valence-corrected chi connectivity index (χ0v) is 10.2. The molecule has 0 bridgehead atoms. The van der Waals surface area contributed by atoms with Crippen LogP contribution in [0.25, 0.3) is 0 Å². The average Bonchev–Trinajstić information content (AvgIpc) is 2.25. The maximum absolute atomic E-state index is 11.5. The number of Topliss-reactive ketones (excluding diaryl/α,β-unsaturated/α-hetero) is 1. The Hall–Kier alpha value is -1.64. The lowest BCUT2D eigenvalue weighted by Crippen LogP contribution is -2.27. The first kappa shape index (κ1) is 12.4. The van der Waals surface area contributed by atoms with Crippen LogP contribution in [0.5, 0.6) is 0 Å². The number of ketones is 1. The van der Waals surface area contributed by atoms with Gasteiger partial charge in [-0.05, 0) is 32.9 Å². The largest absolute Gasteiger partial charge is 0.352 e. The van der Waals surface area contributed by atoms with Crippen molar-refractivity contribution in [3.8, 4) is 0 Å². The van der Waals surface area contributed by atoms with Crippen molar-refractivity contribution in [3.05, 3.63) is 36.0 Å². The van der Waals surface area contributed by atoms with Crippen LogP contribution < -0.4 is 4.90 Å². The van der Waals surface area contributed by atoms with Crippen LogP contribution in [0.1, 0.15) is 31.1 Å². The van der Waals surface area contributed by atoms with E-state index in [1.807, 2.05) is 19.9 Å². The third-order valence-electron chi connectivity index (χ3n) is 2.31. The van der Waals surface area contributed by atoms with Crippen LogP contribution in [0.4, 0.5) is 5.82 Å². The molecule has 0 amide bonds. The highest BCUT2D eigenvalue weighted by atomic mass is 16.1. The zero-order chi connectivity index (χ0) is 12.1. The summed E-state index contributed by atoms with van der Waals surface area (Å²) < 4.78 is 0. The molecule has 1 rings (SSSR count). The normalized spacial score (nSPS) is 9.94. The third kappa shape index (κ3) is 2.92. The van der Waals surface area contributed by atoms with Crippen LogP contribution in [-0.2, 0) is 0 Å². The smallest absolute Gasteiger partial charge is 0.163 e. The molecule has 3 nitrogen and oxygen atoms in total. The van der Waals surface area contributed by atoms with E-state index in [2.05, 4.69) is 16.5 Å². The van der Waals surface area contributed by atoms with Crippen molar-refractivity contribution in [1.29, 1.82) is 0 Å². The molecule has 0 unspecified atom stereocenters. The molecule has 0 aliphatic carbocycles. The Morgan fingerprint density at radius 1 is 1.50 bits per heavy atom. The van der Waals surface area contributed by atoms with Gasteiger partial charge in [-0.3, -0.25) is 4.79 Å². The fraction of sp³-hybridized carbons (Fsp3) is 0.385. The first-order chi connectivity index (χ1) is 7.56. The summed E-state index contributed by atoms with van der Waals surface area (Å²) in [4.78, 5) is 17.8. The van der Waals surface area contributed by atoms with Gasteiger partial charge in [0.15, 0.2) is 5.78 Å². The summed E-state index contributed by atoms with van der Waals surface area (Å²) in [6, 6.07) is 3.60. The molecule has 0 aliphatic heterocycles. The number of pyridine rings is 1. The molecule has 0 fully saturated rings.